The van der Waals surface area contributed by atoms with Crippen LogP contribution >= 0.6 is 23.2 Å². The van der Waals surface area contributed by atoms with E-state index < -0.39 is 0 Å². The van der Waals surface area contributed by atoms with Gasteiger partial charge in [-0.25, -0.2) is 4.98 Å². The van der Waals surface area contributed by atoms with Crippen molar-refractivity contribution in [2.24, 2.45) is 0 Å². The average Bonchev–Trinajstić information content (AvgIpc) is 2.24. The first kappa shape index (κ1) is 14.6. The van der Waals surface area contributed by atoms with Crippen LogP contribution in [0.1, 0.15) is 26.3 Å². The Kier molecular flexibility index (Phi) is 5.50. The zero-order valence-corrected chi connectivity index (χ0v) is 11.8. The number of aromatic nitrogens is 1. The summed E-state index contributed by atoms with van der Waals surface area (Å²) in [5.74, 6) is 0.804. The highest BCUT2D eigenvalue weighted by atomic mass is 35.5. The van der Waals surface area contributed by atoms with Crippen molar-refractivity contribution in [1.29, 1.82) is 0 Å². The summed E-state index contributed by atoms with van der Waals surface area (Å²) < 4.78 is 10.9. The van der Waals surface area contributed by atoms with Crippen LogP contribution < -0.4 is 4.74 Å². The van der Waals surface area contributed by atoms with Gasteiger partial charge in [0.15, 0.2) is 0 Å². The third kappa shape index (κ3) is 5.57. The number of rotatable bonds is 5. The fraction of sp³-hybridized carbons (Fsp3) is 0.583. The highest BCUT2D eigenvalue weighted by molar-refractivity contribution is 6.32. The molecule has 0 atom stereocenters. The Morgan fingerprint density at radius 2 is 2.00 bits per heavy atom. The minimum absolute atomic E-state index is 0.164. The van der Waals surface area contributed by atoms with Crippen LogP contribution in [-0.4, -0.2) is 23.8 Å². The molecule has 0 aromatic carbocycles. The minimum atomic E-state index is -0.164. The van der Waals surface area contributed by atoms with E-state index >= 15 is 0 Å². The number of hydrogen-bond donors (Lipinski definition) is 0. The molecule has 1 aromatic heterocycles. The predicted octanol–water partition coefficient (Wildman–Crippen LogP) is 3.67. The summed E-state index contributed by atoms with van der Waals surface area (Å²) in [6.07, 6.45) is 1.65. The number of halogens is 2. The quantitative estimate of drug-likeness (QED) is 0.608. The van der Waals surface area contributed by atoms with Crippen LogP contribution in [0.2, 0.25) is 5.02 Å². The molecule has 0 aliphatic carbocycles. The Hall–Kier alpha value is -0.510. The average molecular weight is 278 g/mol. The summed E-state index contributed by atoms with van der Waals surface area (Å²) in [5, 5.41) is 0.471. The summed E-state index contributed by atoms with van der Waals surface area (Å²) >= 11 is 11.7. The largest absolute Gasteiger partial charge is 0.474 e. The molecule has 1 heterocycles. The Balaban J connectivity index is 2.42. The highest BCUT2D eigenvalue weighted by Crippen LogP contribution is 2.23. The van der Waals surface area contributed by atoms with Crippen molar-refractivity contribution >= 4 is 23.2 Å². The van der Waals surface area contributed by atoms with Gasteiger partial charge in [-0.1, -0.05) is 11.6 Å². The summed E-state index contributed by atoms with van der Waals surface area (Å²) in [6, 6.07) is 1.75. The number of nitrogens with zero attached hydrogens (tertiary/aromatic N) is 1. The van der Waals surface area contributed by atoms with Crippen molar-refractivity contribution in [1.82, 2.24) is 4.98 Å². The summed E-state index contributed by atoms with van der Waals surface area (Å²) in [5.41, 5.74) is 0.707. The lowest BCUT2D eigenvalue weighted by atomic mass is 10.2. The van der Waals surface area contributed by atoms with Crippen molar-refractivity contribution in [2.75, 3.05) is 13.2 Å². The van der Waals surface area contributed by atoms with Crippen LogP contribution in [-0.2, 0) is 10.6 Å². The van der Waals surface area contributed by atoms with E-state index in [-0.39, 0.29) is 5.60 Å². The van der Waals surface area contributed by atoms with Gasteiger partial charge >= 0.3 is 0 Å². The first-order valence-electron chi connectivity index (χ1n) is 5.39. The molecule has 0 saturated carbocycles. The first-order chi connectivity index (χ1) is 7.92. The maximum atomic E-state index is 5.99. The molecule has 0 aliphatic rings. The third-order valence-corrected chi connectivity index (χ3v) is 2.45. The van der Waals surface area contributed by atoms with Gasteiger partial charge in [0.25, 0.3) is 0 Å². The van der Waals surface area contributed by atoms with Crippen molar-refractivity contribution < 1.29 is 9.47 Å². The molecular formula is C12H17Cl2NO2. The first-order valence-corrected chi connectivity index (χ1v) is 6.31. The minimum Gasteiger partial charge on any atom is -0.474 e. The second-order valence-electron chi connectivity index (χ2n) is 4.57. The van der Waals surface area contributed by atoms with Gasteiger partial charge in [0, 0.05) is 12.1 Å². The van der Waals surface area contributed by atoms with Crippen molar-refractivity contribution in [3.05, 3.63) is 22.8 Å². The van der Waals surface area contributed by atoms with E-state index in [0.717, 1.165) is 5.56 Å². The number of hydrogen-bond acceptors (Lipinski definition) is 3. The lowest BCUT2D eigenvalue weighted by Gasteiger charge is -2.19. The van der Waals surface area contributed by atoms with Gasteiger partial charge in [-0.15, -0.1) is 11.6 Å². The van der Waals surface area contributed by atoms with Crippen LogP contribution in [0.4, 0.5) is 0 Å². The molecule has 0 aliphatic heterocycles. The fourth-order valence-electron chi connectivity index (χ4n) is 1.13. The molecule has 1 rings (SSSR count). The van der Waals surface area contributed by atoms with E-state index in [4.69, 9.17) is 32.7 Å². The SMILES string of the molecule is CC(C)(C)OCCOc1ncc(CCl)cc1Cl. The molecule has 96 valence electrons. The van der Waals surface area contributed by atoms with E-state index in [2.05, 4.69) is 4.98 Å². The fourth-order valence-corrected chi connectivity index (χ4v) is 1.52. The van der Waals surface area contributed by atoms with Crippen LogP contribution in [0, 0.1) is 0 Å². The topological polar surface area (TPSA) is 31.4 Å². The van der Waals surface area contributed by atoms with Gasteiger partial charge in [-0.3, -0.25) is 0 Å². The van der Waals surface area contributed by atoms with Crippen LogP contribution in [0.25, 0.3) is 0 Å². The van der Waals surface area contributed by atoms with E-state index in [1.165, 1.54) is 0 Å². The van der Waals surface area contributed by atoms with Gasteiger partial charge in [0.05, 0.1) is 12.2 Å². The van der Waals surface area contributed by atoms with E-state index in [9.17, 15) is 0 Å². The molecule has 0 amide bonds. The van der Waals surface area contributed by atoms with Crippen molar-refractivity contribution in [2.45, 2.75) is 32.3 Å². The Bertz CT molecular complexity index is 364. The molecule has 0 fully saturated rings. The third-order valence-electron chi connectivity index (χ3n) is 1.88. The number of ether oxygens (including phenoxy) is 2. The molecule has 0 radical (unpaired) electrons. The maximum Gasteiger partial charge on any atom is 0.232 e. The molecule has 3 nitrogen and oxygen atoms in total. The van der Waals surface area contributed by atoms with Gasteiger partial charge in [0.2, 0.25) is 5.88 Å². The van der Waals surface area contributed by atoms with E-state index in [1.54, 1.807) is 12.3 Å². The van der Waals surface area contributed by atoms with E-state index in [0.29, 0.717) is 30.0 Å². The normalized spacial score (nSPS) is 11.6. The smallest absolute Gasteiger partial charge is 0.232 e. The molecule has 0 saturated heterocycles. The van der Waals surface area contributed by atoms with Gasteiger partial charge in [-0.05, 0) is 32.4 Å². The molecule has 0 bridgehead atoms. The second kappa shape index (κ2) is 6.43. The predicted molar refractivity (Wildman–Crippen MR) is 70.0 cm³/mol. The van der Waals surface area contributed by atoms with Crippen LogP contribution in [0.5, 0.6) is 5.88 Å². The second-order valence-corrected chi connectivity index (χ2v) is 5.25. The molecule has 17 heavy (non-hydrogen) atoms. The van der Waals surface area contributed by atoms with Crippen molar-refractivity contribution in [3.63, 3.8) is 0 Å². The number of pyridine rings is 1. The zero-order chi connectivity index (χ0) is 12.9. The van der Waals surface area contributed by atoms with Crippen molar-refractivity contribution in [3.8, 4) is 5.88 Å². The zero-order valence-electron chi connectivity index (χ0n) is 10.3. The molecule has 0 N–H and O–H groups in total. The summed E-state index contributed by atoms with van der Waals surface area (Å²) in [7, 11) is 0. The molecule has 0 spiro atoms. The summed E-state index contributed by atoms with van der Waals surface area (Å²) in [6.45, 7) is 6.90. The van der Waals surface area contributed by atoms with Gasteiger partial charge in [0.1, 0.15) is 11.6 Å². The van der Waals surface area contributed by atoms with Crippen LogP contribution in [0.3, 0.4) is 0 Å². The molecule has 5 heteroatoms. The lowest BCUT2D eigenvalue weighted by molar-refractivity contribution is -0.0167. The van der Waals surface area contributed by atoms with Gasteiger partial charge in [-0.2, -0.15) is 0 Å². The molecular weight excluding hydrogens is 261 g/mol. The Morgan fingerprint density at radius 3 is 2.53 bits per heavy atom. The lowest BCUT2D eigenvalue weighted by Crippen LogP contribution is -2.22. The highest BCUT2D eigenvalue weighted by Gasteiger charge is 2.10. The Morgan fingerprint density at radius 1 is 1.29 bits per heavy atom. The molecule has 1 aromatic rings. The van der Waals surface area contributed by atoms with Crippen LogP contribution in [0.15, 0.2) is 12.3 Å². The van der Waals surface area contributed by atoms with Gasteiger partial charge < -0.3 is 9.47 Å². The standard InChI is InChI=1S/C12H17Cl2NO2/c1-12(2,3)17-5-4-16-11-10(14)6-9(7-13)8-15-11/h6,8H,4-5,7H2,1-3H3. The van der Waals surface area contributed by atoms with E-state index in [1.807, 2.05) is 20.8 Å². The molecule has 0 unspecified atom stereocenters. The maximum absolute atomic E-state index is 5.99. The number of alkyl halides is 1. The monoisotopic (exact) mass is 277 g/mol. The Labute approximate surface area is 112 Å². The summed E-state index contributed by atoms with van der Waals surface area (Å²) in [4.78, 5) is 4.09.